The maximum Gasteiger partial charge on any atom is 0.472 e. The molecule has 3 unspecified atom stereocenters. The number of allylic oxidation sites excluding steroid dienone is 17. The number of amides is 1. The van der Waals surface area contributed by atoms with Crippen LogP contribution in [0.15, 0.2) is 109 Å². The highest BCUT2D eigenvalue weighted by atomic mass is 31.2. The van der Waals surface area contributed by atoms with Gasteiger partial charge in [0.25, 0.3) is 0 Å². The van der Waals surface area contributed by atoms with E-state index < -0.39 is 20.0 Å². The van der Waals surface area contributed by atoms with Crippen LogP contribution in [0.4, 0.5) is 0 Å². The Hall–Kier alpha value is -2.84. The summed E-state index contributed by atoms with van der Waals surface area (Å²) in [5, 5.41) is 13.9. The van der Waals surface area contributed by atoms with Crippen LogP contribution in [0.25, 0.3) is 0 Å². The van der Waals surface area contributed by atoms with Gasteiger partial charge in [0.05, 0.1) is 39.9 Å². The molecule has 0 aliphatic heterocycles. The number of likely N-dealkylation sites (N-methyl/N-ethyl adjacent to an activating group) is 1. The lowest BCUT2D eigenvalue weighted by atomic mass is 10.0. The van der Waals surface area contributed by atoms with Crippen molar-refractivity contribution < 1.29 is 32.9 Å². The molecule has 74 heavy (non-hydrogen) atoms. The number of carbonyl (C=O) groups is 1. The molecule has 0 aromatic carbocycles. The van der Waals surface area contributed by atoms with Crippen LogP contribution < -0.4 is 5.32 Å². The van der Waals surface area contributed by atoms with E-state index in [9.17, 15) is 19.4 Å². The molecule has 0 aliphatic carbocycles. The zero-order valence-corrected chi connectivity index (χ0v) is 49.4. The Morgan fingerprint density at radius 1 is 0.473 bits per heavy atom. The van der Waals surface area contributed by atoms with Crippen molar-refractivity contribution in [3.8, 4) is 0 Å². The first-order chi connectivity index (χ1) is 36.0. The first kappa shape index (κ1) is 71.2. The molecule has 0 bridgehead atoms. The quantitative estimate of drug-likeness (QED) is 0.0243. The van der Waals surface area contributed by atoms with E-state index in [1.54, 1.807) is 6.08 Å². The SMILES string of the molecule is CC/C=C\C/C=C\C/C=C\C/C=C\C/C=C\C/C=C\C/C=C\CCCC(=O)NC(COP(=O)(O)OCC[N+](C)(C)C)C(O)/C=C/CC/C=C/CCCCCCCCCCCCCCCCCCCCCCCCC. The first-order valence-corrected chi connectivity index (χ1v) is 31.8. The molecule has 0 aromatic rings. The van der Waals surface area contributed by atoms with E-state index in [2.05, 4.69) is 116 Å². The molecule has 0 saturated heterocycles. The molecular formula is C65H116N2O6P+. The molecule has 0 heterocycles. The Labute approximate surface area is 457 Å². The topological polar surface area (TPSA) is 105 Å². The zero-order valence-electron chi connectivity index (χ0n) is 48.5. The molecule has 0 spiro atoms. The molecule has 0 aliphatic rings. The highest BCUT2D eigenvalue weighted by molar-refractivity contribution is 7.47. The van der Waals surface area contributed by atoms with Crippen LogP contribution in [-0.4, -0.2) is 73.4 Å². The van der Waals surface area contributed by atoms with Crippen LogP contribution in [0.3, 0.4) is 0 Å². The van der Waals surface area contributed by atoms with Gasteiger partial charge in [-0.05, 0) is 83.5 Å². The van der Waals surface area contributed by atoms with E-state index in [-0.39, 0.29) is 25.5 Å². The van der Waals surface area contributed by atoms with Crippen molar-refractivity contribution in [3.05, 3.63) is 109 Å². The third-order valence-electron chi connectivity index (χ3n) is 13.0. The van der Waals surface area contributed by atoms with Gasteiger partial charge in [0, 0.05) is 6.42 Å². The number of nitrogens with one attached hydrogen (secondary N) is 1. The van der Waals surface area contributed by atoms with Gasteiger partial charge in [0.2, 0.25) is 5.91 Å². The number of hydrogen-bond acceptors (Lipinski definition) is 5. The number of aliphatic hydroxyl groups excluding tert-OH is 1. The number of carbonyl (C=O) groups excluding carboxylic acids is 1. The van der Waals surface area contributed by atoms with E-state index in [1.807, 2.05) is 27.2 Å². The molecule has 9 heteroatoms. The molecule has 8 nitrogen and oxygen atoms in total. The van der Waals surface area contributed by atoms with Gasteiger partial charge >= 0.3 is 7.82 Å². The summed E-state index contributed by atoms with van der Waals surface area (Å²) in [6.45, 7) is 4.64. The van der Waals surface area contributed by atoms with Crippen LogP contribution in [-0.2, 0) is 18.4 Å². The lowest BCUT2D eigenvalue weighted by Crippen LogP contribution is -2.45. The smallest absolute Gasteiger partial charge is 0.387 e. The Kier molecular flexibility index (Phi) is 52.8. The fourth-order valence-corrected chi connectivity index (χ4v) is 9.02. The summed E-state index contributed by atoms with van der Waals surface area (Å²) in [7, 11) is 1.50. The fourth-order valence-electron chi connectivity index (χ4n) is 8.28. The fraction of sp³-hybridized carbons (Fsp3) is 0.708. The number of hydrogen-bond donors (Lipinski definition) is 3. The molecule has 0 aromatic heterocycles. The second-order valence-corrected chi connectivity index (χ2v) is 22.8. The number of phosphoric ester groups is 1. The minimum Gasteiger partial charge on any atom is -0.387 e. The molecule has 0 radical (unpaired) electrons. The predicted molar refractivity (Wildman–Crippen MR) is 322 cm³/mol. The highest BCUT2D eigenvalue weighted by Gasteiger charge is 2.27. The summed E-state index contributed by atoms with van der Waals surface area (Å²) >= 11 is 0. The van der Waals surface area contributed by atoms with E-state index in [4.69, 9.17) is 9.05 Å². The summed E-state index contributed by atoms with van der Waals surface area (Å²) in [6, 6.07) is -0.904. The van der Waals surface area contributed by atoms with Crippen LogP contribution in [0.2, 0.25) is 0 Å². The molecule has 3 atom stereocenters. The summed E-state index contributed by atoms with van der Waals surface area (Å²) in [5.41, 5.74) is 0. The van der Waals surface area contributed by atoms with Crippen molar-refractivity contribution in [1.29, 1.82) is 0 Å². The van der Waals surface area contributed by atoms with Crippen LogP contribution in [0.1, 0.15) is 245 Å². The number of aliphatic hydroxyl groups is 1. The molecule has 1 amide bonds. The molecular weight excluding hydrogens is 936 g/mol. The first-order valence-electron chi connectivity index (χ1n) is 30.3. The lowest BCUT2D eigenvalue weighted by Gasteiger charge is -2.25. The number of nitrogens with zero attached hydrogens (tertiary/aromatic N) is 1. The second kappa shape index (κ2) is 54.9. The van der Waals surface area contributed by atoms with Crippen molar-refractivity contribution in [2.45, 2.75) is 257 Å². The number of quaternary nitrogens is 1. The molecule has 3 N–H and O–H groups in total. The summed E-state index contributed by atoms with van der Waals surface area (Å²) < 4.78 is 23.7. The lowest BCUT2D eigenvalue weighted by molar-refractivity contribution is -0.870. The van der Waals surface area contributed by atoms with Gasteiger partial charge in [-0.3, -0.25) is 13.8 Å². The Balaban J connectivity index is 4.32. The summed E-state index contributed by atoms with van der Waals surface area (Å²) in [6.07, 6.45) is 80.8. The summed E-state index contributed by atoms with van der Waals surface area (Å²) in [5.74, 6) is -0.247. The number of rotatable bonds is 54. The molecule has 0 rings (SSSR count). The van der Waals surface area contributed by atoms with Gasteiger partial charge in [-0.25, -0.2) is 4.57 Å². The number of phosphoric acid groups is 1. The minimum atomic E-state index is -4.38. The molecule has 426 valence electrons. The van der Waals surface area contributed by atoms with Crippen molar-refractivity contribution in [1.82, 2.24) is 5.32 Å². The van der Waals surface area contributed by atoms with E-state index >= 15 is 0 Å². The highest BCUT2D eigenvalue weighted by Crippen LogP contribution is 2.43. The Morgan fingerprint density at radius 2 is 0.824 bits per heavy atom. The maximum atomic E-state index is 13.0. The van der Waals surface area contributed by atoms with Gasteiger partial charge in [-0.2, -0.15) is 0 Å². The Bertz CT molecular complexity index is 1570. The molecule has 0 fully saturated rings. The minimum absolute atomic E-state index is 0.0392. The van der Waals surface area contributed by atoms with E-state index in [0.717, 1.165) is 70.6 Å². The zero-order chi connectivity index (χ0) is 54.2. The molecule has 0 saturated carbocycles. The van der Waals surface area contributed by atoms with Gasteiger partial charge in [-0.15, -0.1) is 0 Å². The van der Waals surface area contributed by atoms with Gasteiger partial charge in [-0.1, -0.05) is 264 Å². The largest absolute Gasteiger partial charge is 0.472 e. The van der Waals surface area contributed by atoms with Gasteiger partial charge < -0.3 is 19.8 Å². The van der Waals surface area contributed by atoms with E-state index in [0.29, 0.717) is 17.4 Å². The third-order valence-corrected chi connectivity index (χ3v) is 14.0. The Morgan fingerprint density at radius 3 is 1.24 bits per heavy atom. The van der Waals surface area contributed by atoms with Crippen molar-refractivity contribution in [2.75, 3.05) is 40.9 Å². The van der Waals surface area contributed by atoms with Crippen LogP contribution in [0, 0.1) is 0 Å². The second-order valence-electron chi connectivity index (χ2n) is 21.3. The normalized spacial score (nSPS) is 14.6. The predicted octanol–water partition coefficient (Wildman–Crippen LogP) is 18.8. The monoisotopic (exact) mass is 1050 g/mol. The van der Waals surface area contributed by atoms with Crippen LogP contribution >= 0.6 is 7.82 Å². The average molecular weight is 1050 g/mol. The standard InChI is InChI=1S/C65H115N2O6P/c1-6-8-10-12-14-16-18-20-22-24-26-28-30-31-32-33-34-35-37-38-40-42-44-46-48-50-52-54-56-58-64(68)63(62-73-74(70,71)72-61-60-67(3,4)5)66-65(69)59-57-55-53-51-49-47-45-43-41-39-36-29-27-25-23-21-19-17-15-13-11-9-7-2/h9,11,15,17,21,23,27,29,39,41,45,47-48,50-51,53,56,58,63-64,68H,6-8,10,12-14,16,18-20,22,24-26,28,30-38,40,42-44,46,49,52,54-55,57,59-62H2,1-5H3,(H-,66,69,70,71)/p+1/b11-9-,17-15-,23-21-,29-27-,41-39-,47-45-,50-48+,53-51-,58-56+. The third kappa shape index (κ3) is 56.9. The van der Waals surface area contributed by atoms with Crippen molar-refractivity contribution >= 4 is 13.7 Å². The maximum absolute atomic E-state index is 13.0. The van der Waals surface area contributed by atoms with E-state index in [1.165, 1.54) is 148 Å². The van der Waals surface area contributed by atoms with Crippen molar-refractivity contribution in [2.24, 2.45) is 0 Å². The van der Waals surface area contributed by atoms with Gasteiger partial charge in [0.1, 0.15) is 13.2 Å². The van der Waals surface area contributed by atoms with Crippen LogP contribution in [0.5, 0.6) is 0 Å². The summed E-state index contributed by atoms with van der Waals surface area (Å²) in [4.78, 5) is 23.3. The average Bonchev–Trinajstić information content (AvgIpc) is 3.36. The van der Waals surface area contributed by atoms with Crippen molar-refractivity contribution in [3.63, 3.8) is 0 Å². The van der Waals surface area contributed by atoms with Gasteiger partial charge in [0.15, 0.2) is 0 Å². The number of unbranched alkanes of at least 4 members (excludes halogenated alkanes) is 25.